The predicted molar refractivity (Wildman–Crippen MR) is 98.8 cm³/mol. The van der Waals surface area contributed by atoms with Crippen molar-refractivity contribution in [1.29, 1.82) is 0 Å². The Morgan fingerprint density at radius 2 is 2.08 bits per heavy atom. The van der Waals surface area contributed by atoms with Gasteiger partial charge in [-0.3, -0.25) is 9.69 Å². The van der Waals surface area contributed by atoms with Gasteiger partial charge in [0.1, 0.15) is 11.5 Å². The molecule has 1 aromatic heterocycles. The topological polar surface area (TPSA) is 36.7 Å². The van der Waals surface area contributed by atoms with E-state index in [2.05, 4.69) is 4.90 Å². The summed E-state index contributed by atoms with van der Waals surface area (Å²) in [5.41, 5.74) is 0.783. The van der Waals surface area contributed by atoms with Crippen molar-refractivity contribution in [2.24, 2.45) is 0 Å². The normalized spacial score (nSPS) is 24.0. The van der Waals surface area contributed by atoms with Crippen molar-refractivity contribution in [2.45, 2.75) is 38.4 Å². The molecular formula is C19H20Cl2N2O2. The number of furan rings is 1. The number of benzene rings is 1. The minimum Gasteiger partial charge on any atom is -0.460 e. The molecule has 0 spiro atoms. The number of rotatable bonds is 3. The van der Waals surface area contributed by atoms with Crippen LogP contribution in [0.1, 0.15) is 25.5 Å². The highest BCUT2D eigenvalue weighted by atomic mass is 35.5. The molecule has 2 aliphatic rings. The van der Waals surface area contributed by atoms with Gasteiger partial charge >= 0.3 is 0 Å². The maximum atomic E-state index is 12.5. The van der Waals surface area contributed by atoms with Crippen LogP contribution in [0, 0.1) is 0 Å². The van der Waals surface area contributed by atoms with Gasteiger partial charge in [-0.05, 0) is 44.0 Å². The molecule has 2 atom stereocenters. The Morgan fingerprint density at radius 3 is 2.92 bits per heavy atom. The Morgan fingerprint density at radius 1 is 1.24 bits per heavy atom. The molecule has 2 saturated heterocycles. The second-order valence-corrected chi connectivity index (χ2v) is 7.59. The van der Waals surface area contributed by atoms with Crippen molar-refractivity contribution < 1.29 is 9.21 Å². The van der Waals surface area contributed by atoms with Gasteiger partial charge in [-0.2, -0.15) is 0 Å². The SMILES string of the molecule is C[C@@H]1C(=O)N2CCC[C@@H]2CN1Cc1ccc(-c2cccc(Cl)c2Cl)o1. The van der Waals surface area contributed by atoms with E-state index in [9.17, 15) is 4.79 Å². The summed E-state index contributed by atoms with van der Waals surface area (Å²) in [5.74, 6) is 1.76. The van der Waals surface area contributed by atoms with Crippen LogP contribution in [0.3, 0.4) is 0 Å². The van der Waals surface area contributed by atoms with Gasteiger partial charge in [0.25, 0.3) is 0 Å². The fourth-order valence-corrected chi connectivity index (χ4v) is 4.24. The summed E-state index contributed by atoms with van der Waals surface area (Å²) in [4.78, 5) is 16.8. The minimum absolute atomic E-state index is 0.113. The molecule has 25 heavy (non-hydrogen) atoms. The first-order chi connectivity index (χ1) is 12.0. The van der Waals surface area contributed by atoms with Gasteiger partial charge in [-0.25, -0.2) is 0 Å². The van der Waals surface area contributed by atoms with Crippen molar-refractivity contribution in [1.82, 2.24) is 9.80 Å². The van der Waals surface area contributed by atoms with Gasteiger partial charge in [0.05, 0.1) is 22.6 Å². The highest BCUT2D eigenvalue weighted by Gasteiger charge is 2.40. The van der Waals surface area contributed by atoms with E-state index in [1.54, 1.807) is 6.07 Å². The van der Waals surface area contributed by atoms with E-state index in [0.717, 1.165) is 37.3 Å². The summed E-state index contributed by atoms with van der Waals surface area (Å²) in [5, 5.41) is 1.00. The molecule has 1 aromatic carbocycles. The minimum atomic E-state index is -0.113. The molecule has 2 fully saturated rings. The quantitative estimate of drug-likeness (QED) is 0.791. The molecule has 0 bridgehead atoms. The number of hydrogen-bond donors (Lipinski definition) is 0. The van der Waals surface area contributed by atoms with Crippen LogP contribution >= 0.6 is 23.2 Å². The summed E-state index contributed by atoms with van der Waals surface area (Å²) >= 11 is 12.4. The molecule has 132 valence electrons. The van der Waals surface area contributed by atoms with Crippen molar-refractivity contribution >= 4 is 29.1 Å². The highest BCUT2D eigenvalue weighted by Crippen LogP contribution is 2.35. The van der Waals surface area contributed by atoms with Gasteiger partial charge in [0.2, 0.25) is 5.91 Å². The summed E-state index contributed by atoms with van der Waals surface area (Å²) in [6.07, 6.45) is 2.20. The zero-order chi connectivity index (χ0) is 17.6. The maximum absolute atomic E-state index is 12.5. The monoisotopic (exact) mass is 378 g/mol. The van der Waals surface area contributed by atoms with Gasteiger partial charge in [-0.15, -0.1) is 0 Å². The number of fused-ring (bicyclic) bond motifs is 1. The average molecular weight is 379 g/mol. The number of amides is 1. The standard InChI is InChI=1S/C19H20Cl2N2O2/c1-12-19(24)23-9-3-4-13(23)10-22(12)11-14-7-8-17(25-14)15-5-2-6-16(20)18(15)21/h2,5-8,12-13H,3-4,9-11H2,1H3/t12-,13-/m1/s1. The first-order valence-electron chi connectivity index (χ1n) is 8.62. The Bertz CT molecular complexity index is 804. The lowest BCUT2D eigenvalue weighted by atomic mass is 10.1. The molecule has 0 saturated carbocycles. The molecule has 2 aliphatic heterocycles. The van der Waals surface area contributed by atoms with Crippen molar-refractivity contribution in [3.8, 4) is 11.3 Å². The third-order valence-corrected chi connectivity index (χ3v) is 6.07. The molecule has 6 heteroatoms. The summed E-state index contributed by atoms with van der Waals surface area (Å²) in [7, 11) is 0. The van der Waals surface area contributed by atoms with Crippen LogP contribution < -0.4 is 0 Å². The van der Waals surface area contributed by atoms with Gasteiger partial charge in [0.15, 0.2) is 0 Å². The summed E-state index contributed by atoms with van der Waals surface area (Å²) in [6.45, 7) is 4.41. The van der Waals surface area contributed by atoms with Gasteiger partial charge in [0, 0.05) is 24.7 Å². The molecule has 4 nitrogen and oxygen atoms in total. The lowest BCUT2D eigenvalue weighted by Gasteiger charge is -2.41. The fourth-order valence-electron chi connectivity index (χ4n) is 3.84. The van der Waals surface area contributed by atoms with Crippen LogP contribution in [0.5, 0.6) is 0 Å². The molecule has 2 aromatic rings. The average Bonchev–Trinajstić information content (AvgIpc) is 3.24. The number of halogens is 2. The first kappa shape index (κ1) is 17.0. The lowest BCUT2D eigenvalue weighted by molar-refractivity contribution is -0.143. The second kappa shape index (κ2) is 6.67. The molecular weight excluding hydrogens is 359 g/mol. The van der Waals surface area contributed by atoms with Crippen LogP contribution in [0.15, 0.2) is 34.7 Å². The molecule has 0 aliphatic carbocycles. The van der Waals surface area contributed by atoms with Crippen LogP contribution in [0.2, 0.25) is 10.0 Å². The first-order valence-corrected chi connectivity index (χ1v) is 9.38. The molecule has 3 heterocycles. The Kier molecular flexibility index (Phi) is 4.52. The maximum Gasteiger partial charge on any atom is 0.239 e. The molecule has 0 unspecified atom stereocenters. The Labute approximate surface area is 157 Å². The third kappa shape index (κ3) is 3.07. The van der Waals surface area contributed by atoms with E-state index in [4.69, 9.17) is 27.6 Å². The van der Waals surface area contributed by atoms with Crippen LogP contribution in [0.4, 0.5) is 0 Å². The molecule has 0 radical (unpaired) electrons. The summed E-state index contributed by atoms with van der Waals surface area (Å²) < 4.78 is 5.99. The number of carbonyl (C=O) groups is 1. The molecule has 0 N–H and O–H groups in total. The number of nitrogens with zero attached hydrogens (tertiary/aromatic N) is 2. The van der Waals surface area contributed by atoms with Crippen molar-refractivity contribution in [3.63, 3.8) is 0 Å². The van der Waals surface area contributed by atoms with E-state index >= 15 is 0 Å². The fraction of sp³-hybridized carbons (Fsp3) is 0.421. The van der Waals surface area contributed by atoms with Gasteiger partial charge in [-0.1, -0.05) is 29.3 Å². The van der Waals surface area contributed by atoms with E-state index < -0.39 is 0 Å². The zero-order valence-electron chi connectivity index (χ0n) is 14.0. The lowest BCUT2D eigenvalue weighted by Crippen LogP contribution is -2.58. The number of carbonyl (C=O) groups excluding carboxylic acids is 1. The smallest absolute Gasteiger partial charge is 0.239 e. The van der Waals surface area contributed by atoms with Crippen LogP contribution in [0.25, 0.3) is 11.3 Å². The predicted octanol–water partition coefficient (Wildman–Crippen LogP) is 4.45. The summed E-state index contributed by atoms with van der Waals surface area (Å²) in [6, 6.07) is 9.59. The van der Waals surface area contributed by atoms with Crippen molar-refractivity contribution in [3.05, 3.63) is 46.1 Å². The van der Waals surface area contributed by atoms with E-state index in [0.29, 0.717) is 28.4 Å². The Hall–Kier alpha value is -1.49. The third-order valence-electron chi connectivity index (χ3n) is 5.25. The van der Waals surface area contributed by atoms with E-state index in [-0.39, 0.29) is 11.9 Å². The highest BCUT2D eigenvalue weighted by molar-refractivity contribution is 6.43. The molecule has 4 rings (SSSR count). The van der Waals surface area contributed by atoms with E-state index in [1.807, 2.05) is 36.1 Å². The largest absolute Gasteiger partial charge is 0.460 e. The van der Waals surface area contributed by atoms with E-state index in [1.165, 1.54) is 0 Å². The zero-order valence-corrected chi connectivity index (χ0v) is 15.6. The van der Waals surface area contributed by atoms with Crippen LogP contribution in [-0.4, -0.2) is 40.9 Å². The van der Waals surface area contributed by atoms with Crippen LogP contribution in [-0.2, 0) is 11.3 Å². The van der Waals surface area contributed by atoms with Crippen molar-refractivity contribution in [2.75, 3.05) is 13.1 Å². The number of hydrogen-bond acceptors (Lipinski definition) is 3. The van der Waals surface area contributed by atoms with Gasteiger partial charge < -0.3 is 9.32 Å². The number of piperazine rings is 1. The molecule has 1 amide bonds. The Balaban J connectivity index is 1.53. The second-order valence-electron chi connectivity index (χ2n) is 6.80.